The lowest BCUT2D eigenvalue weighted by molar-refractivity contribution is -0.121. The fraction of sp³-hybridized carbons (Fsp3) is 0.391. The molecule has 1 N–H and O–H groups in total. The number of likely N-dealkylation sites (tertiary alicyclic amines) is 1. The summed E-state index contributed by atoms with van der Waals surface area (Å²) in [6, 6.07) is 9.20. The molecule has 0 spiro atoms. The van der Waals surface area contributed by atoms with E-state index in [1.54, 1.807) is 30.4 Å². The Morgan fingerprint density at radius 2 is 2.06 bits per heavy atom. The molecule has 1 fully saturated rings. The summed E-state index contributed by atoms with van der Waals surface area (Å²) >= 11 is 1.58. The van der Waals surface area contributed by atoms with Crippen LogP contribution in [0.25, 0.3) is 10.7 Å². The Morgan fingerprint density at radius 1 is 1.25 bits per heavy atom. The fourth-order valence-electron chi connectivity index (χ4n) is 3.81. The molecule has 0 atom stereocenters. The van der Waals surface area contributed by atoms with E-state index in [0.717, 1.165) is 36.4 Å². The van der Waals surface area contributed by atoms with Crippen molar-refractivity contribution in [2.75, 3.05) is 25.0 Å². The normalized spacial score (nSPS) is 14.9. The molecule has 3 aromatic rings. The monoisotopic (exact) mass is 454 g/mol. The van der Waals surface area contributed by atoms with Crippen LogP contribution in [-0.2, 0) is 16.1 Å². The molecule has 1 saturated heterocycles. The van der Waals surface area contributed by atoms with Gasteiger partial charge in [0.2, 0.25) is 17.6 Å². The standard InChI is InChI=1S/C23H26N4O4S/c1-3-30-23(29)17-6-4-7-18(15(17)2)24-22(28)16-9-11-27(12-10-16)14-20-25-21(26-31-20)19-8-5-13-32-19/h4-8,13,16H,3,9-12,14H2,1-2H3,(H,24,28). The van der Waals surface area contributed by atoms with Crippen LogP contribution in [-0.4, -0.2) is 46.6 Å². The zero-order valence-electron chi connectivity index (χ0n) is 18.2. The first-order valence-electron chi connectivity index (χ1n) is 10.7. The molecule has 0 saturated carbocycles. The van der Waals surface area contributed by atoms with Crippen molar-refractivity contribution in [2.45, 2.75) is 33.2 Å². The number of ether oxygens (including phenoxy) is 1. The third kappa shape index (κ3) is 5.05. The average molecular weight is 455 g/mol. The highest BCUT2D eigenvalue weighted by Gasteiger charge is 2.27. The van der Waals surface area contributed by atoms with Crippen LogP contribution in [0.4, 0.5) is 5.69 Å². The van der Waals surface area contributed by atoms with Gasteiger partial charge in [-0.1, -0.05) is 17.3 Å². The molecule has 1 aliphatic rings. The molecular weight excluding hydrogens is 428 g/mol. The summed E-state index contributed by atoms with van der Waals surface area (Å²) in [5.41, 5.74) is 1.84. The predicted octanol–water partition coefficient (Wildman–Crippen LogP) is 4.13. The number of anilines is 1. The molecule has 0 radical (unpaired) electrons. The van der Waals surface area contributed by atoms with Crippen LogP contribution in [0.2, 0.25) is 0 Å². The summed E-state index contributed by atoms with van der Waals surface area (Å²) in [5.74, 6) is 0.720. The molecule has 1 amide bonds. The number of amides is 1. The largest absolute Gasteiger partial charge is 0.462 e. The summed E-state index contributed by atoms with van der Waals surface area (Å²) < 4.78 is 10.5. The van der Waals surface area contributed by atoms with Gasteiger partial charge in [0.1, 0.15) is 0 Å². The van der Waals surface area contributed by atoms with E-state index in [9.17, 15) is 9.59 Å². The number of piperidine rings is 1. The Bertz CT molecular complexity index is 1070. The number of aromatic nitrogens is 2. The smallest absolute Gasteiger partial charge is 0.338 e. The summed E-state index contributed by atoms with van der Waals surface area (Å²) in [6.07, 6.45) is 1.49. The Labute approximate surface area is 190 Å². The summed E-state index contributed by atoms with van der Waals surface area (Å²) in [5, 5.41) is 9.03. The van der Waals surface area contributed by atoms with Crippen LogP contribution in [0.3, 0.4) is 0 Å². The van der Waals surface area contributed by atoms with Crippen LogP contribution < -0.4 is 5.32 Å². The first kappa shape index (κ1) is 22.2. The highest BCUT2D eigenvalue weighted by molar-refractivity contribution is 7.13. The number of esters is 1. The van der Waals surface area contributed by atoms with E-state index in [1.807, 2.05) is 30.5 Å². The fourth-order valence-corrected chi connectivity index (χ4v) is 4.45. The predicted molar refractivity (Wildman–Crippen MR) is 121 cm³/mol. The van der Waals surface area contributed by atoms with Crippen molar-refractivity contribution >= 4 is 28.9 Å². The molecule has 2 aromatic heterocycles. The number of hydrogen-bond acceptors (Lipinski definition) is 8. The van der Waals surface area contributed by atoms with E-state index in [4.69, 9.17) is 9.26 Å². The summed E-state index contributed by atoms with van der Waals surface area (Å²) in [4.78, 5) is 32.6. The molecule has 32 heavy (non-hydrogen) atoms. The number of hydrogen-bond donors (Lipinski definition) is 1. The zero-order valence-corrected chi connectivity index (χ0v) is 19.0. The van der Waals surface area contributed by atoms with Crippen molar-refractivity contribution in [3.8, 4) is 10.7 Å². The molecule has 0 unspecified atom stereocenters. The molecular formula is C23H26N4O4S. The van der Waals surface area contributed by atoms with Crippen LogP contribution in [0.5, 0.6) is 0 Å². The van der Waals surface area contributed by atoms with Gasteiger partial charge in [-0.2, -0.15) is 4.98 Å². The Morgan fingerprint density at radius 3 is 2.78 bits per heavy atom. The van der Waals surface area contributed by atoms with E-state index in [2.05, 4.69) is 20.4 Å². The molecule has 8 nitrogen and oxygen atoms in total. The Hall–Kier alpha value is -3.04. The second-order valence-electron chi connectivity index (χ2n) is 7.73. The van der Waals surface area contributed by atoms with Gasteiger partial charge < -0.3 is 14.6 Å². The van der Waals surface area contributed by atoms with E-state index >= 15 is 0 Å². The van der Waals surface area contributed by atoms with Crippen molar-refractivity contribution < 1.29 is 18.8 Å². The molecule has 4 rings (SSSR count). The quantitative estimate of drug-likeness (QED) is 0.536. The molecule has 1 aliphatic heterocycles. The van der Waals surface area contributed by atoms with Gasteiger partial charge in [-0.3, -0.25) is 9.69 Å². The topological polar surface area (TPSA) is 97.6 Å². The summed E-state index contributed by atoms with van der Waals surface area (Å²) in [6.45, 7) is 6.03. The number of benzene rings is 1. The van der Waals surface area contributed by atoms with E-state index in [-0.39, 0.29) is 17.8 Å². The van der Waals surface area contributed by atoms with Crippen molar-refractivity contribution in [1.82, 2.24) is 15.0 Å². The summed E-state index contributed by atoms with van der Waals surface area (Å²) in [7, 11) is 0. The second-order valence-corrected chi connectivity index (χ2v) is 8.67. The first-order chi connectivity index (χ1) is 15.5. The Balaban J connectivity index is 1.30. The van der Waals surface area contributed by atoms with Crippen molar-refractivity contribution in [3.63, 3.8) is 0 Å². The zero-order chi connectivity index (χ0) is 22.5. The highest BCUT2D eigenvalue weighted by atomic mass is 32.1. The van der Waals surface area contributed by atoms with Gasteiger partial charge in [-0.25, -0.2) is 4.79 Å². The molecule has 0 aliphatic carbocycles. The minimum Gasteiger partial charge on any atom is -0.462 e. The van der Waals surface area contributed by atoms with Gasteiger partial charge >= 0.3 is 5.97 Å². The van der Waals surface area contributed by atoms with Crippen molar-refractivity contribution in [2.24, 2.45) is 5.92 Å². The van der Waals surface area contributed by atoms with E-state index in [0.29, 0.717) is 36.1 Å². The number of thiophene rings is 1. The van der Waals surface area contributed by atoms with Gasteiger partial charge in [0.25, 0.3) is 0 Å². The number of nitrogens with one attached hydrogen (secondary N) is 1. The highest BCUT2D eigenvalue weighted by Crippen LogP contribution is 2.25. The minimum atomic E-state index is -0.377. The van der Waals surface area contributed by atoms with Crippen LogP contribution >= 0.6 is 11.3 Å². The Kier molecular flexibility index (Phi) is 6.96. The van der Waals surface area contributed by atoms with Crippen LogP contribution in [0.15, 0.2) is 40.2 Å². The van der Waals surface area contributed by atoms with Gasteiger partial charge in [-0.15, -0.1) is 11.3 Å². The van der Waals surface area contributed by atoms with Gasteiger partial charge in [-0.05, 0) is 68.9 Å². The van der Waals surface area contributed by atoms with Crippen LogP contribution in [0.1, 0.15) is 41.6 Å². The number of nitrogens with zero attached hydrogens (tertiary/aromatic N) is 3. The lowest BCUT2D eigenvalue weighted by atomic mass is 9.95. The molecule has 9 heteroatoms. The van der Waals surface area contributed by atoms with Gasteiger partial charge in [0.15, 0.2) is 0 Å². The SMILES string of the molecule is CCOC(=O)c1cccc(NC(=O)C2CCN(Cc3nc(-c4cccs4)no3)CC2)c1C. The lowest BCUT2D eigenvalue weighted by Crippen LogP contribution is -2.38. The third-order valence-corrected chi connectivity index (χ3v) is 6.48. The second kappa shape index (κ2) is 10.1. The van der Waals surface area contributed by atoms with Crippen LogP contribution in [0, 0.1) is 12.8 Å². The maximum absolute atomic E-state index is 12.8. The van der Waals surface area contributed by atoms with Gasteiger partial charge in [0, 0.05) is 11.6 Å². The van der Waals surface area contributed by atoms with E-state index in [1.165, 1.54) is 0 Å². The number of carbonyl (C=O) groups is 2. The number of rotatable bonds is 7. The molecule has 0 bridgehead atoms. The van der Waals surface area contributed by atoms with E-state index < -0.39 is 0 Å². The maximum atomic E-state index is 12.8. The van der Waals surface area contributed by atoms with Crippen molar-refractivity contribution in [1.29, 1.82) is 0 Å². The first-order valence-corrected chi connectivity index (χ1v) is 11.6. The maximum Gasteiger partial charge on any atom is 0.338 e. The molecule has 1 aromatic carbocycles. The third-order valence-electron chi connectivity index (χ3n) is 5.61. The number of carbonyl (C=O) groups excluding carboxylic acids is 2. The van der Waals surface area contributed by atoms with Crippen molar-refractivity contribution in [3.05, 3.63) is 52.7 Å². The molecule has 168 valence electrons. The molecule has 3 heterocycles. The minimum absolute atomic E-state index is 0.0217. The average Bonchev–Trinajstić information content (AvgIpc) is 3.48. The van der Waals surface area contributed by atoms with Gasteiger partial charge in [0.05, 0.1) is 23.6 Å². The lowest BCUT2D eigenvalue weighted by Gasteiger charge is -2.30.